The molecule has 0 aliphatic carbocycles. The Hall–Kier alpha value is -2.58. The molecular formula is C27H24Sn. The van der Waals surface area contributed by atoms with Crippen molar-refractivity contribution in [2.45, 2.75) is 4.44 Å². The average Bonchev–Trinajstić information content (AvgIpc) is 2.80. The first-order valence-corrected chi connectivity index (χ1v) is 16.0. The second-order valence-corrected chi connectivity index (χ2v) is 18.3. The number of hydrogen-bond acceptors (Lipinski definition) is 0. The summed E-state index contributed by atoms with van der Waals surface area (Å²) in [4.78, 5) is 0. The minimum atomic E-state index is -3.28. The molecule has 0 bridgehead atoms. The van der Waals surface area contributed by atoms with Crippen molar-refractivity contribution in [2.24, 2.45) is 0 Å². The van der Waals surface area contributed by atoms with Gasteiger partial charge in [-0.05, 0) is 0 Å². The predicted molar refractivity (Wildman–Crippen MR) is 124 cm³/mol. The first kappa shape index (κ1) is 18.8. The topological polar surface area (TPSA) is 0 Å². The molecule has 0 aliphatic heterocycles. The van der Waals surface area contributed by atoms with Crippen molar-refractivity contribution in [2.75, 3.05) is 0 Å². The van der Waals surface area contributed by atoms with Crippen LogP contribution in [0.4, 0.5) is 0 Å². The Balaban J connectivity index is 1.95. The summed E-state index contributed by atoms with van der Waals surface area (Å²) in [7, 11) is 0. The van der Waals surface area contributed by atoms with Crippen LogP contribution in [0.25, 0.3) is 5.57 Å². The van der Waals surface area contributed by atoms with Crippen molar-refractivity contribution in [3.8, 4) is 0 Å². The van der Waals surface area contributed by atoms with Crippen molar-refractivity contribution >= 4 is 34.7 Å². The van der Waals surface area contributed by atoms with Crippen LogP contribution in [-0.2, 0) is 0 Å². The zero-order valence-corrected chi connectivity index (χ0v) is 18.8. The van der Waals surface area contributed by atoms with Crippen LogP contribution in [0.2, 0.25) is 4.44 Å². The number of hydrogen-bond donors (Lipinski definition) is 0. The molecule has 1 heteroatoms. The van der Waals surface area contributed by atoms with Crippen molar-refractivity contribution in [1.29, 1.82) is 0 Å². The Kier molecular flexibility index (Phi) is 5.78. The third kappa shape index (κ3) is 3.70. The Morgan fingerprint density at radius 1 is 0.500 bits per heavy atom. The molecule has 0 N–H and O–H groups in total. The van der Waals surface area contributed by atoms with E-state index in [1.54, 1.807) is 0 Å². The van der Waals surface area contributed by atoms with Gasteiger partial charge in [-0.25, -0.2) is 0 Å². The first-order chi connectivity index (χ1) is 13.8. The summed E-state index contributed by atoms with van der Waals surface area (Å²) < 4.78 is 5.50. The monoisotopic (exact) mass is 468 g/mol. The van der Waals surface area contributed by atoms with Crippen LogP contribution in [0.5, 0.6) is 0 Å². The van der Waals surface area contributed by atoms with Crippen molar-refractivity contribution in [3.05, 3.63) is 133 Å². The minimum absolute atomic E-state index is 1.02. The molecule has 0 atom stereocenters. The summed E-state index contributed by atoms with van der Waals surface area (Å²) >= 11 is -3.28. The Labute approximate surface area is 172 Å². The van der Waals surface area contributed by atoms with Gasteiger partial charge in [0.1, 0.15) is 0 Å². The fourth-order valence-corrected chi connectivity index (χ4v) is 17.6. The van der Waals surface area contributed by atoms with Crippen LogP contribution in [-0.4, -0.2) is 18.4 Å². The molecule has 4 rings (SSSR count). The molecule has 0 aromatic heterocycles. The molecule has 4 aromatic carbocycles. The molecule has 0 nitrogen and oxygen atoms in total. The number of rotatable bonds is 6. The molecule has 0 heterocycles. The van der Waals surface area contributed by atoms with Crippen LogP contribution in [0.1, 0.15) is 5.56 Å². The summed E-state index contributed by atoms with van der Waals surface area (Å²) in [5, 5.41) is 0. The maximum atomic E-state index is 4.54. The summed E-state index contributed by atoms with van der Waals surface area (Å²) in [6.07, 6.45) is 0. The zero-order chi connectivity index (χ0) is 19.2. The van der Waals surface area contributed by atoms with Gasteiger partial charge in [0, 0.05) is 0 Å². The van der Waals surface area contributed by atoms with Gasteiger partial charge >= 0.3 is 173 Å². The predicted octanol–water partition coefficient (Wildman–Crippen LogP) is 4.87. The van der Waals surface area contributed by atoms with Crippen LogP contribution >= 0.6 is 0 Å². The fraction of sp³-hybridized carbons (Fsp3) is 0.0370. The molecule has 4 aromatic rings. The van der Waals surface area contributed by atoms with E-state index < -0.39 is 18.4 Å². The molecule has 0 saturated carbocycles. The van der Waals surface area contributed by atoms with Gasteiger partial charge in [-0.2, -0.15) is 0 Å². The molecule has 0 spiro atoms. The van der Waals surface area contributed by atoms with E-state index in [9.17, 15) is 0 Å². The maximum absolute atomic E-state index is 4.54. The van der Waals surface area contributed by atoms with E-state index in [2.05, 4.69) is 128 Å². The van der Waals surface area contributed by atoms with Crippen molar-refractivity contribution in [3.63, 3.8) is 0 Å². The van der Waals surface area contributed by atoms with Gasteiger partial charge in [0.25, 0.3) is 0 Å². The van der Waals surface area contributed by atoms with E-state index in [0.29, 0.717) is 0 Å². The second-order valence-electron chi connectivity index (χ2n) is 7.15. The van der Waals surface area contributed by atoms with Gasteiger partial charge in [-0.15, -0.1) is 0 Å². The van der Waals surface area contributed by atoms with Gasteiger partial charge in [-0.1, -0.05) is 0 Å². The Morgan fingerprint density at radius 3 is 1.18 bits per heavy atom. The third-order valence-corrected chi connectivity index (χ3v) is 19.5. The van der Waals surface area contributed by atoms with Gasteiger partial charge in [0.2, 0.25) is 0 Å². The summed E-state index contributed by atoms with van der Waals surface area (Å²) in [5.41, 5.74) is 2.47. The molecule has 0 fully saturated rings. The molecule has 28 heavy (non-hydrogen) atoms. The van der Waals surface area contributed by atoms with Gasteiger partial charge in [-0.3, -0.25) is 0 Å². The van der Waals surface area contributed by atoms with E-state index in [1.807, 2.05) is 0 Å². The van der Waals surface area contributed by atoms with Crippen LogP contribution < -0.4 is 10.7 Å². The van der Waals surface area contributed by atoms with Crippen molar-refractivity contribution in [1.82, 2.24) is 0 Å². The number of benzene rings is 4. The van der Waals surface area contributed by atoms with E-state index in [0.717, 1.165) is 4.44 Å². The van der Waals surface area contributed by atoms with E-state index in [1.165, 1.54) is 21.9 Å². The van der Waals surface area contributed by atoms with Crippen LogP contribution in [0.15, 0.2) is 128 Å². The SMILES string of the molecule is C=C([CH2][Sn]([c]1ccccc1)([c]1ccccc1)[c]1ccccc1)c1ccccc1. The molecule has 136 valence electrons. The quantitative estimate of drug-likeness (QED) is 0.355. The van der Waals surface area contributed by atoms with E-state index in [4.69, 9.17) is 0 Å². The van der Waals surface area contributed by atoms with Gasteiger partial charge < -0.3 is 0 Å². The molecule has 0 aliphatic rings. The Bertz CT molecular complexity index is 926. The fourth-order valence-electron chi connectivity index (χ4n) is 4.07. The summed E-state index contributed by atoms with van der Waals surface area (Å²) in [6, 6.07) is 44.0. The zero-order valence-electron chi connectivity index (χ0n) is 16.0. The second kappa shape index (κ2) is 8.62. The molecule has 0 radical (unpaired) electrons. The molecular weight excluding hydrogens is 443 g/mol. The van der Waals surface area contributed by atoms with Crippen LogP contribution in [0.3, 0.4) is 0 Å². The third-order valence-electron chi connectivity index (χ3n) is 5.46. The first-order valence-electron chi connectivity index (χ1n) is 9.70. The van der Waals surface area contributed by atoms with E-state index in [-0.39, 0.29) is 0 Å². The van der Waals surface area contributed by atoms with Crippen molar-refractivity contribution < 1.29 is 0 Å². The summed E-state index contributed by atoms with van der Waals surface area (Å²) in [6.45, 7) is 4.54. The molecule has 0 unspecified atom stereocenters. The van der Waals surface area contributed by atoms with Crippen LogP contribution in [0, 0.1) is 0 Å². The van der Waals surface area contributed by atoms with Gasteiger partial charge in [0.15, 0.2) is 0 Å². The standard InChI is InChI=1S/C9H9.3C6H5.Sn/c1-8(2)9-6-4-3-5-7-9;3*1-2-4-6-5-3-1;/h3-7H,1-2H2;3*1-5H;. The Morgan fingerprint density at radius 2 is 0.821 bits per heavy atom. The average molecular weight is 467 g/mol. The van der Waals surface area contributed by atoms with E-state index >= 15 is 0 Å². The normalized spacial score (nSPS) is 11.1. The molecule has 0 amide bonds. The molecule has 0 saturated heterocycles. The van der Waals surface area contributed by atoms with Gasteiger partial charge in [0.05, 0.1) is 0 Å². The summed E-state index contributed by atoms with van der Waals surface area (Å²) in [5.74, 6) is 0. The number of allylic oxidation sites excluding steroid dienone is 1.